The van der Waals surface area contributed by atoms with E-state index < -0.39 is 29.2 Å². The number of hydrogen-bond acceptors (Lipinski definition) is 8. The molecular weight excluding hydrogens is 587 g/mol. The molecule has 224 valence electrons. The second-order valence-electron chi connectivity index (χ2n) is 11.1. The van der Waals surface area contributed by atoms with Gasteiger partial charge in [0.25, 0.3) is 5.91 Å². The summed E-state index contributed by atoms with van der Waals surface area (Å²) in [5, 5.41) is 21.4. The van der Waals surface area contributed by atoms with Gasteiger partial charge in [0.05, 0.1) is 41.4 Å². The van der Waals surface area contributed by atoms with E-state index in [9.17, 15) is 20.0 Å². The van der Waals surface area contributed by atoms with Gasteiger partial charge in [0.2, 0.25) is 5.72 Å². The van der Waals surface area contributed by atoms with Gasteiger partial charge in [0.1, 0.15) is 29.1 Å². The quantitative estimate of drug-likeness (QED) is 0.306. The fraction of sp³-hybridized carbons (Fsp3) is 0.312. The van der Waals surface area contributed by atoms with E-state index in [1.807, 2.05) is 6.07 Å². The third kappa shape index (κ3) is 4.85. The molecule has 2 aliphatic rings. The van der Waals surface area contributed by atoms with Crippen molar-refractivity contribution in [2.75, 3.05) is 0 Å². The number of aliphatic hydroxyl groups is 1. The molecule has 1 amide bonds. The number of imidazole rings is 1. The van der Waals surface area contributed by atoms with Crippen LogP contribution in [-0.4, -0.2) is 47.3 Å². The maximum absolute atomic E-state index is 16.8. The highest BCUT2D eigenvalue weighted by atomic mass is 35.5. The minimum absolute atomic E-state index is 0.00645. The van der Waals surface area contributed by atoms with Crippen molar-refractivity contribution >= 4 is 23.3 Å². The highest BCUT2D eigenvalue weighted by Gasteiger charge is 2.56. The number of nitrogens with zero attached hydrogens (tertiary/aromatic N) is 6. The van der Waals surface area contributed by atoms with Gasteiger partial charge in [-0.15, -0.1) is 0 Å². The molecular formula is C32H28ClFN6O4. The molecule has 0 spiro atoms. The van der Waals surface area contributed by atoms with Crippen molar-refractivity contribution in [1.29, 1.82) is 5.26 Å². The molecule has 1 aliphatic heterocycles. The summed E-state index contributed by atoms with van der Waals surface area (Å²) in [4.78, 5) is 40.9. The van der Waals surface area contributed by atoms with Crippen LogP contribution in [0.2, 0.25) is 5.02 Å². The molecule has 12 heteroatoms. The molecule has 1 saturated carbocycles. The van der Waals surface area contributed by atoms with Crippen LogP contribution in [0.1, 0.15) is 76.7 Å². The van der Waals surface area contributed by atoms with Crippen LogP contribution < -0.4 is 0 Å². The highest BCUT2D eigenvalue weighted by molar-refractivity contribution is 6.30. The number of amides is 1. The van der Waals surface area contributed by atoms with Crippen molar-refractivity contribution in [2.24, 2.45) is 7.05 Å². The number of aromatic nitrogens is 4. The molecule has 44 heavy (non-hydrogen) atoms. The normalized spacial score (nSPS) is 20.9. The summed E-state index contributed by atoms with van der Waals surface area (Å²) in [6.45, 7) is 1.53. The van der Waals surface area contributed by atoms with Crippen molar-refractivity contribution in [2.45, 2.75) is 56.6 Å². The van der Waals surface area contributed by atoms with Gasteiger partial charge in [0.15, 0.2) is 0 Å². The third-order valence-corrected chi connectivity index (χ3v) is 8.56. The Kier molecular flexibility index (Phi) is 7.53. The molecule has 3 atom stereocenters. The van der Waals surface area contributed by atoms with Crippen LogP contribution in [0.5, 0.6) is 0 Å². The zero-order valence-electron chi connectivity index (χ0n) is 24.0. The number of fused-ring (bicyclic) bond motifs is 1. The van der Waals surface area contributed by atoms with Crippen LogP contribution in [0.3, 0.4) is 0 Å². The minimum Gasteiger partial charge on any atom is -0.379 e. The van der Waals surface area contributed by atoms with E-state index in [1.54, 1.807) is 49.0 Å². The van der Waals surface area contributed by atoms with Gasteiger partial charge < -0.3 is 14.4 Å². The molecule has 0 radical (unpaired) electrons. The Labute approximate surface area is 257 Å². The van der Waals surface area contributed by atoms with Crippen LogP contribution in [0.4, 0.5) is 4.39 Å². The van der Waals surface area contributed by atoms with Crippen LogP contribution in [-0.2, 0) is 34.4 Å². The second kappa shape index (κ2) is 11.2. The lowest BCUT2D eigenvalue weighted by Crippen LogP contribution is -2.48. The van der Waals surface area contributed by atoms with Crippen molar-refractivity contribution in [3.05, 3.63) is 111 Å². The largest absolute Gasteiger partial charge is 0.379 e. The smallest absolute Gasteiger partial charge is 0.257 e. The first kappa shape index (κ1) is 29.6. The molecule has 6 rings (SSSR count). The fourth-order valence-corrected chi connectivity index (χ4v) is 6.17. The number of nitriles is 1. The molecule has 3 heterocycles. The van der Waals surface area contributed by atoms with Gasteiger partial charge in [-0.25, -0.2) is 19.3 Å². The van der Waals surface area contributed by atoms with Gasteiger partial charge >= 0.3 is 0 Å². The SMILES string of the molecule is CCC(O)(c1cc(F)c2c(c1)C(=O)N(Cc1ncc(C#N)cn1)[C@@]2(O[C@H]1CCC(=O)C1)c1ccc(Cl)cc1)c1cn(C)cn1. The molecule has 2 aromatic heterocycles. The van der Waals surface area contributed by atoms with E-state index in [0.29, 0.717) is 29.1 Å². The monoisotopic (exact) mass is 614 g/mol. The molecule has 0 saturated heterocycles. The first-order valence-electron chi connectivity index (χ1n) is 14.1. The van der Waals surface area contributed by atoms with E-state index in [4.69, 9.17) is 16.3 Å². The van der Waals surface area contributed by atoms with Gasteiger partial charge in [0, 0.05) is 49.1 Å². The molecule has 4 aromatic rings. The molecule has 0 bridgehead atoms. The van der Waals surface area contributed by atoms with Crippen LogP contribution in [0, 0.1) is 17.1 Å². The number of hydrogen-bond donors (Lipinski definition) is 1. The molecule has 2 aromatic carbocycles. The lowest BCUT2D eigenvalue weighted by atomic mass is 9.84. The summed E-state index contributed by atoms with van der Waals surface area (Å²) in [6, 6.07) is 11.2. The maximum Gasteiger partial charge on any atom is 0.257 e. The Morgan fingerprint density at radius 3 is 2.52 bits per heavy atom. The van der Waals surface area contributed by atoms with Gasteiger partial charge in [-0.3, -0.25) is 14.5 Å². The highest BCUT2D eigenvalue weighted by Crippen LogP contribution is 2.50. The standard InChI is InChI=1S/C32H28ClFN6O4/c1-3-31(43,27-16-39(2)18-38-27)21-10-25-29(26(34)11-21)32(20-4-6-22(33)7-5-20,44-24-9-8-23(41)12-24)40(30(25)42)17-28-36-14-19(13-35)15-37-28/h4-7,10-11,14-16,18,24,43H,3,8-9,12,17H2,1-2H3/t24-,31?,32+/m0/s1. The number of halogens is 2. The Bertz CT molecular complexity index is 1800. The van der Waals surface area contributed by atoms with Gasteiger partial charge in [-0.1, -0.05) is 30.7 Å². The number of carbonyl (C=O) groups is 2. The lowest BCUT2D eigenvalue weighted by molar-refractivity contribution is -0.149. The summed E-state index contributed by atoms with van der Waals surface area (Å²) in [5.41, 5.74) is -2.50. The molecule has 10 nitrogen and oxygen atoms in total. The topological polar surface area (TPSA) is 134 Å². The Morgan fingerprint density at radius 2 is 1.93 bits per heavy atom. The summed E-state index contributed by atoms with van der Waals surface area (Å²) >= 11 is 6.23. The van der Waals surface area contributed by atoms with E-state index in [1.165, 1.54) is 35.8 Å². The summed E-state index contributed by atoms with van der Waals surface area (Å²) in [5.74, 6) is -1.18. The predicted octanol–water partition coefficient (Wildman–Crippen LogP) is 4.52. The van der Waals surface area contributed by atoms with Crippen LogP contribution in [0.25, 0.3) is 0 Å². The van der Waals surface area contributed by atoms with Crippen molar-refractivity contribution in [1.82, 2.24) is 24.4 Å². The summed E-state index contributed by atoms with van der Waals surface area (Å²) in [6.07, 6.45) is 6.20. The number of carbonyl (C=O) groups excluding carboxylic acids is 2. The molecule has 1 fully saturated rings. The first-order chi connectivity index (χ1) is 21.1. The Balaban J connectivity index is 1.58. The maximum atomic E-state index is 16.8. The molecule has 1 N–H and O–H groups in total. The fourth-order valence-electron chi connectivity index (χ4n) is 6.05. The lowest BCUT2D eigenvalue weighted by Gasteiger charge is -2.41. The van der Waals surface area contributed by atoms with E-state index in [-0.39, 0.29) is 53.2 Å². The van der Waals surface area contributed by atoms with E-state index in [2.05, 4.69) is 15.0 Å². The summed E-state index contributed by atoms with van der Waals surface area (Å²) in [7, 11) is 1.76. The third-order valence-electron chi connectivity index (χ3n) is 8.31. The van der Waals surface area contributed by atoms with Crippen LogP contribution in [0.15, 0.2) is 61.3 Å². The Hall–Kier alpha value is -4.50. The predicted molar refractivity (Wildman–Crippen MR) is 155 cm³/mol. The number of rotatable bonds is 8. The second-order valence-corrected chi connectivity index (χ2v) is 11.5. The molecule has 1 aliphatic carbocycles. The average Bonchev–Trinajstić information content (AvgIpc) is 3.71. The Morgan fingerprint density at radius 1 is 1.20 bits per heavy atom. The zero-order chi connectivity index (χ0) is 31.2. The minimum atomic E-state index is -1.83. The number of benzene rings is 2. The van der Waals surface area contributed by atoms with Gasteiger partial charge in [-0.2, -0.15) is 5.26 Å². The molecule has 1 unspecified atom stereocenters. The first-order valence-corrected chi connectivity index (χ1v) is 14.5. The van der Waals surface area contributed by atoms with Crippen molar-refractivity contribution in [3.63, 3.8) is 0 Å². The number of aryl methyl sites for hydroxylation is 1. The van der Waals surface area contributed by atoms with E-state index >= 15 is 4.39 Å². The van der Waals surface area contributed by atoms with Crippen LogP contribution >= 0.6 is 11.6 Å². The number of ketones is 1. The van der Waals surface area contributed by atoms with Crippen molar-refractivity contribution in [3.8, 4) is 6.07 Å². The van der Waals surface area contributed by atoms with Gasteiger partial charge in [-0.05, 0) is 42.7 Å². The average molecular weight is 615 g/mol. The summed E-state index contributed by atoms with van der Waals surface area (Å²) < 4.78 is 25.2. The number of Topliss-reactive ketones (excluding diaryl/α,β-unsaturated/α-hetero) is 1. The number of ether oxygens (including phenoxy) is 1. The zero-order valence-corrected chi connectivity index (χ0v) is 24.8. The van der Waals surface area contributed by atoms with Crippen molar-refractivity contribution < 1.29 is 23.8 Å². The van der Waals surface area contributed by atoms with E-state index in [0.717, 1.165) is 0 Å².